The zero-order chi connectivity index (χ0) is 14.6. The third-order valence-corrected chi connectivity index (χ3v) is 4.31. The number of carbonyl (C=O) groups is 2. The molecule has 0 atom stereocenters. The summed E-state index contributed by atoms with van der Waals surface area (Å²) < 4.78 is 5.21. The smallest absolute Gasteiger partial charge is 0.317 e. The Labute approximate surface area is 118 Å². The molecular weight excluding hydrogens is 262 g/mol. The highest BCUT2D eigenvalue weighted by Crippen LogP contribution is 2.30. The molecule has 2 aliphatic rings. The quantitative estimate of drug-likeness (QED) is 0.677. The zero-order valence-electron chi connectivity index (χ0n) is 11.6. The number of hydrogen-bond donors (Lipinski definition) is 3. The van der Waals surface area contributed by atoms with Gasteiger partial charge in [0.2, 0.25) is 0 Å². The fraction of sp³-hybridized carbons (Fsp3) is 0.846. The van der Waals surface area contributed by atoms with Gasteiger partial charge in [0, 0.05) is 38.9 Å². The summed E-state index contributed by atoms with van der Waals surface area (Å²) >= 11 is 0. The Morgan fingerprint density at radius 1 is 1.30 bits per heavy atom. The van der Waals surface area contributed by atoms with E-state index in [9.17, 15) is 14.7 Å². The van der Waals surface area contributed by atoms with Crippen LogP contribution >= 0.6 is 0 Å². The highest BCUT2D eigenvalue weighted by Gasteiger charge is 2.40. The minimum absolute atomic E-state index is 0.160. The van der Waals surface area contributed by atoms with Crippen molar-refractivity contribution < 1.29 is 19.4 Å². The summed E-state index contributed by atoms with van der Waals surface area (Å²) in [6, 6.07) is -0.0241. The summed E-state index contributed by atoms with van der Waals surface area (Å²) in [5.41, 5.74) is 4.91. The standard InChI is InChI=1S/C13H23N3O4/c14-10-1-5-16(6-2-10)12(19)15-9-13(11(17)18)3-7-20-8-4-13/h10H,1-9,14H2,(H,15,19)(H,17,18). The monoisotopic (exact) mass is 285 g/mol. The predicted octanol–water partition coefficient (Wildman–Crippen LogP) is 0.000500. The van der Waals surface area contributed by atoms with E-state index in [1.165, 1.54) is 0 Å². The van der Waals surface area contributed by atoms with Gasteiger partial charge in [-0.3, -0.25) is 4.79 Å². The van der Waals surface area contributed by atoms with Crippen LogP contribution < -0.4 is 11.1 Å². The van der Waals surface area contributed by atoms with Gasteiger partial charge in [-0.05, 0) is 25.7 Å². The average Bonchev–Trinajstić information content (AvgIpc) is 2.46. The summed E-state index contributed by atoms with van der Waals surface area (Å²) in [5, 5.41) is 12.2. The van der Waals surface area contributed by atoms with Crippen molar-refractivity contribution in [1.29, 1.82) is 0 Å². The average molecular weight is 285 g/mol. The molecule has 0 radical (unpaired) electrons. The zero-order valence-corrected chi connectivity index (χ0v) is 11.6. The second-order valence-corrected chi connectivity index (χ2v) is 5.68. The molecule has 0 aromatic carbocycles. The van der Waals surface area contributed by atoms with Crippen LogP contribution in [-0.4, -0.2) is 60.9 Å². The lowest BCUT2D eigenvalue weighted by atomic mass is 9.80. The molecule has 2 rings (SSSR count). The molecule has 20 heavy (non-hydrogen) atoms. The molecule has 2 aliphatic heterocycles. The first kappa shape index (κ1) is 15.1. The van der Waals surface area contributed by atoms with Gasteiger partial charge in [0.15, 0.2) is 0 Å². The topological polar surface area (TPSA) is 105 Å². The summed E-state index contributed by atoms with van der Waals surface area (Å²) in [6.07, 6.45) is 2.47. The number of carboxylic acids is 1. The molecular formula is C13H23N3O4. The lowest BCUT2D eigenvalue weighted by Crippen LogP contribution is -2.52. The highest BCUT2D eigenvalue weighted by atomic mass is 16.5. The van der Waals surface area contributed by atoms with Crippen molar-refractivity contribution >= 4 is 12.0 Å². The molecule has 2 saturated heterocycles. The Hall–Kier alpha value is -1.34. The van der Waals surface area contributed by atoms with Crippen molar-refractivity contribution in [2.24, 2.45) is 11.1 Å². The first-order valence-corrected chi connectivity index (χ1v) is 7.13. The number of amides is 2. The van der Waals surface area contributed by atoms with E-state index in [4.69, 9.17) is 10.5 Å². The summed E-state index contributed by atoms with van der Waals surface area (Å²) in [4.78, 5) is 25.2. The number of nitrogens with zero attached hydrogens (tertiary/aromatic N) is 1. The lowest BCUT2D eigenvalue weighted by Gasteiger charge is -2.35. The number of aliphatic carboxylic acids is 1. The van der Waals surface area contributed by atoms with Crippen LogP contribution in [0, 0.1) is 5.41 Å². The first-order chi connectivity index (χ1) is 9.53. The van der Waals surface area contributed by atoms with Crippen LogP contribution in [-0.2, 0) is 9.53 Å². The molecule has 7 heteroatoms. The molecule has 0 spiro atoms. The number of hydrogen-bond acceptors (Lipinski definition) is 4. The Morgan fingerprint density at radius 2 is 1.90 bits per heavy atom. The number of carbonyl (C=O) groups excluding carboxylic acids is 1. The van der Waals surface area contributed by atoms with E-state index in [-0.39, 0.29) is 18.6 Å². The van der Waals surface area contributed by atoms with E-state index in [1.54, 1.807) is 4.90 Å². The van der Waals surface area contributed by atoms with E-state index in [1.807, 2.05) is 0 Å². The molecule has 2 heterocycles. The number of urea groups is 1. The normalized spacial score (nSPS) is 23.4. The van der Waals surface area contributed by atoms with Gasteiger partial charge in [-0.2, -0.15) is 0 Å². The molecule has 0 aliphatic carbocycles. The van der Waals surface area contributed by atoms with Gasteiger partial charge in [0.05, 0.1) is 5.41 Å². The van der Waals surface area contributed by atoms with E-state index in [2.05, 4.69) is 5.32 Å². The van der Waals surface area contributed by atoms with Crippen molar-refractivity contribution in [3.8, 4) is 0 Å². The number of ether oxygens (including phenoxy) is 1. The van der Waals surface area contributed by atoms with Crippen LogP contribution in [0.25, 0.3) is 0 Å². The van der Waals surface area contributed by atoms with Crippen molar-refractivity contribution in [2.75, 3.05) is 32.8 Å². The van der Waals surface area contributed by atoms with Crippen LogP contribution in [0.1, 0.15) is 25.7 Å². The minimum atomic E-state index is -0.889. The lowest BCUT2D eigenvalue weighted by molar-refractivity contribution is -0.154. The van der Waals surface area contributed by atoms with Gasteiger partial charge < -0.3 is 25.8 Å². The largest absolute Gasteiger partial charge is 0.481 e. The van der Waals surface area contributed by atoms with Crippen LogP contribution in [0.4, 0.5) is 4.79 Å². The predicted molar refractivity (Wildman–Crippen MR) is 72.3 cm³/mol. The van der Waals surface area contributed by atoms with Crippen molar-refractivity contribution in [3.63, 3.8) is 0 Å². The molecule has 0 aromatic rings. The van der Waals surface area contributed by atoms with E-state index < -0.39 is 11.4 Å². The second-order valence-electron chi connectivity index (χ2n) is 5.68. The van der Waals surface area contributed by atoms with E-state index in [0.29, 0.717) is 39.1 Å². The number of nitrogens with two attached hydrogens (primary N) is 1. The van der Waals surface area contributed by atoms with E-state index in [0.717, 1.165) is 12.8 Å². The maximum atomic E-state index is 12.1. The highest BCUT2D eigenvalue weighted by molar-refractivity contribution is 5.78. The van der Waals surface area contributed by atoms with Crippen molar-refractivity contribution in [1.82, 2.24) is 10.2 Å². The third kappa shape index (κ3) is 3.40. The summed E-state index contributed by atoms with van der Waals surface area (Å²) in [6.45, 7) is 2.29. The van der Waals surface area contributed by atoms with Crippen molar-refractivity contribution in [3.05, 3.63) is 0 Å². The number of likely N-dealkylation sites (tertiary alicyclic amines) is 1. The van der Waals surface area contributed by atoms with Crippen LogP contribution in [0.15, 0.2) is 0 Å². The van der Waals surface area contributed by atoms with Gasteiger partial charge in [-0.1, -0.05) is 0 Å². The van der Waals surface area contributed by atoms with Gasteiger partial charge >= 0.3 is 12.0 Å². The maximum absolute atomic E-state index is 12.1. The van der Waals surface area contributed by atoms with Crippen molar-refractivity contribution in [2.45, 2.75) is 31.7 Å². The van der Waals surface area contributed by atoms with Crippen LogP contribution in [0.2, 0.25) is 0 Å². The van der Waals surface area contributed by atoms with Crippen LogP contribution in [0.5, 0.6) is 0 Å². The van der Waals surface area contributed by atoms with Gasteiger partial charge in [0.1, 0.15) is 0 Å². The number of rotatable bonds is 3. The number of nitrogens with one attached hydrogen (secondary N) is 1. The molecule has 114 valence electrons. The Bertz CT molecular complexity index is 361. The Kier molecular flexibility index (Phi) is 4.82. The van der Waals surface area contributed by atoms with Gasteiger partial charge in [0.25, 0.3) is 0 Å². The SMILES string of the molecule is NC1CCN(C(=O)NCC2(C(=O)O)CCOCC2)CC1. The first-order valence-electron chi connectivity index (χ1n) is 7.13. The molecule has 2 amide bonds. The van der Waals surface area contributed by atoms with Gasteiger partial charge in [-0.15, -0.1) is 0 Å². The molecule has 0 bridgehead atoms. The molecule has 2 fully saturated rings. The molecule has 7 nitrogen and oxygen atoms in total. The fourth-order valence-electron chi connectivity index (χ4n) is 2.69. The Morgan fingerprint density at radius 3 is 2.45 bits per heavy atom. The molecule has 0 unspecified atom stereocenters. The summed E-state index contributed by atoms with van der Waals surface area (Å²) in [7, 11) is 0. The Balaban J connectivity index is 1.86. The van der Waals surface area contributed by atoms with Crippen LogP contribution in [0.3, 0.4) is 0 Å². The third-order valence-electron chi connectivity index (χ3n) is 4.31. The molecule has 0 aromatic heterocycles. The number of piperidine rings is 1. The fourth-order valence-corrected chi connectivity index (χ4v) is 2.69. The maximum Gasteiger partial charge on any atom is 0.317 e. The minimum Gasteiger partial charge on any atom is -0.481 e. The molecule has 0 saturated carbocycles. The van der Waals surface area contributed by atoms with Gasteiger partial charge in [-0.25, -0.2) is 4.79 Å². The molecule has 4 N–H and O–H groups in total. The summed E-state index contributed by atoms with van der Waals surface area (Å²) in [5.74, 6) is -0.859. The van der Waals surface area contributed by atoms with E-state index >= 15 is 0 Å². The second kappa shape index (κ2) is 6.41. The number of carboxylic acid groups (broad SMARTS) is 1.